The first-order valence-corrected chi connectivity index (χ1v) is 8.42. The Morgan fingerprint density at radius 3 is 2.71 bits per heavy atom. The lowest BCUT2D eigenvalue weighted by molar-refractivity contribution is -0.122. The number of nitrogens with one attached hydrogen (secondary N) is 1. The number of carbonyl (C=O) groups is 1. The van der Waals surface area contributed by atoms with Crippen LogP contribution in [0.3, 0.4) is 0 Å². The molecule has 1 aliphatic heterocycles. The largest absolute Gasteiger partial charge is 0.380 e. The van der Waals surface area contributed by atoms with Crippen molar-refractivity contribution in [2.75, 3.05) is 10.2 Å². The number of amides is 1. The molecule has 2 aromatic carbocycles. The average molecular weight is 317 g/mol. The molecule has 120 valence electrons. The van der Waals surface area contributed by atoms with Crippen LogP contribution in [0, 0.1) is 17.2 Å². The summed E-state index contributed by atoms with van der Waals surface area (Å²) in [5.41, 5.74) is 3.66. The number of nitriles is 1. The Kier molecular flexibility index (Phi) is 3.70. The minimum atomic E-state index is 0.0516. The van der Waals surface area contributed by atoms with Crippen molar-refractivity contribution in [3.63, 3.8) is 0 Å². The lowest BCUT2D eigenvalue weighted by Crippen LogP contribution is -2.38. The number of anilines is 2. The minimum absolute atomic E-state index is 0.0516. The number of hydrogen-bond donors (Lipinski definition) is 1. The van der Waals surface area contributed by atoms with E-state index in [1.165, 1.54) is 0 Å². The molecule has 0 saturated heterocycles. The Labute approximate surface area is 141 Å². The third kappa shape index (κ3) is 2.52. The first-order chi connectivity index (χ1) is 11.8. The van der Waals surface area contributed by atoms with Gasteiger partial charge in [0.05, 0.1) is 35.5 Å². The van der Waals surface area contributed by atoms with Gasteiger partial charge in [0.15, 0.2) is 0 Å². The van der Waals surface area contributed by atoms with E-state index in [1.807, 2.05) is 35.2 Å². The highest BCUT2D eigenvalue weighted by molar-refractivity contribution is 6.00. The zero-order chi connectivity index (χ0) is 16.5. The molecule has 2 aromatic rings. The van der Waals surface area contributed by atoms with E-state index >= 15 is 0 Å². The van der Waals surface area contributed by atoms with Crippen molar-refractivity contribution in [2.24, 2.45) is 5.92 Å². The molecule has 1 N–H and O–H groups in total. The van der Waals surface area contributed by atoms with E-state index in [9.17, 15) is 4.79 Å². The van der Waals surface area contributed by atoms with Crippen molar-refractivity contribution in [3.8, 4) is 6.07 Å². The lowest BCUT2D eigenvalue weighted by atomic mass is 10.0. The minimum Gasteiger partial charge on any atom is -0.380 e. The maximum atomic E-state index is 13.2. The van der Waals surface area contributed by atoms with E-state index in [0.717, 1.165) is 36.2 Å². The van der Waals surface area contributed by atoms with Crippen LogP contribution in [0.2, 0.25) is 0 Å². The van der Waals surface area contributed by atoms with Gasteiger partial charge in [0.1, 0.15) is 0 Å². The molecule has 0 radical (unpaired) electrons. The van der Waals surface area contributed by atoms with Crippen LogP contribution in [0.1, 0.15) is 30.4 Å². The predicted molar refractivity (Wildman–Crippen MR) is 93.5 cm³/mol. The molecule has 1 fully saturated rings. The molecule has 2 aliphatic rings. The van der Waals surface area contributed by atoms with E-state index in [-0.39, 0.29) is 17.9 Å². The van der Waals surface area contributed by atoms with Crippen LogP contribution in [0.5, 0.6) is 0 Å². The summed E-state index contributed by atoms with van der Waals surface area (Å²) in [6.45, 7) is 0.534. The molecule has 1 aliphatic carbocycles. The first kappa shape index (κ1) is 14.8. The topological polar surface area (TPSA) is 56.1 Å². The number of fused-ring (bicyclic) bond motifs is 2. The molecule has 1 heterocycles. The second-order valence-corrected chi connectivity index (χ2v) is 6.54. The highest BCUT2D eigenvalue weighted by Gasteiger charge is 2.39. The number of hydrogen-bond acceptors (Lipinski definition) is 3. The zero-order valence-electron chi connectivity index (χ0n) is 13.4. The van der Waals surface area contributed by atoms with Gasteiger partial charge in [-0.15, -0.1) is 0 Å². The molecule has 1 saturated carbocycles. The Morgan fingerprint density at radius 2 is 1.92 bits per heavy atom. The second kappa shape index (κ2) is 6.01. The van der Waals surface area contributed by atoms with Gasteiger partial charge in [-0.05, 0) is 42.7 Å². The fourth-order valence-electron chi connectivity index (χ4n) is 3.81. The van der Waals surface area contributed by atoms with Gasteiger partial charge in [0.2, 0.25) is 5.91 Å². The fraction of sp³-hybridized carbons (Fsp3) is 0.300. The molecule has 4 rings (SSSR count). The maximum Gasteiger partial charge on any atom is 0.232 e. The van der Waals surface area contributed by atoms with Crippen LogP contribution in [0.4, 0.5) is 11.4 Å². The molecule has 0 spiro atoms. The van der Waals surface area contributed by atoms with Gasteiger partial charge in [-0.3, -0.25) is 4.79 Å². The third-order valence-corrected chi connectivity index (χ3v) is 5.06. The molecular formula is C20H19N3O. The first-order valence-electron chi connectivity index (χ1n) is 8.42. The van der Waals surface area contributed by atoms with Crippen molar-refractivity contribution >= 4 is 17.3 Å². The van der Waals surface area contributed by atoms with Crippen LogP contribution in [0.15, 0.2) is 48.5 Å². The van der Waals surface area contributed by atoms with E-state index in [2.05, 4.69) is 17.5 Å². The van der Waals surface area contributed by atoms with Gasteiger partial charge in [-0.25, -0.2) is 0 Å². The van der Waals surface area contributed by atoms with Gasteiger partial charge in [0.25, 0.3) is 0 Å². The highest BCUT2D eigenvalue weighted by atomic mass is 16.2. The monoisotopic (exact) mass is 317 g/mol. The van der Waals surface area contributed by atoms with Crippen molar-refractivity contribution in [1.29, 1.82) is 5.26 Å². The van der Waals surface area contributed by atoms with E-state index < -0.39 is 0 Å². The zero-order valence-corrected chi connectivity index (χ0v) is 13.4. The Morgan fingerprint density at radius 1 is 1.12 bits per heavy atom. The molecule has 0 bridgehead atoms. The second-order valence-electron chi connectivity index (χ2n) is 6.54. The quantitative estimate of drug-likeness (QED) is 0.919. The molecule has 1 amide bonds. The highest BCUT2D eigenvalue weighted by Crippen LogP contribution is 2.39. The molecule has 4 nitrogen and oxygen atoms in total. The van der Waals surface area contributed by atoms with Crippen LogP contribution in [0.25, 0.3) is 0 Å². The van der Waals surface area contributed by atoms with Gasteiger partial charge < -0.3 is 10.2 Å². The van der Waals surface area contributed by atoms with Crippen molar-refractivity contribution in [3.05, 3.63) is 59.7 Å². The molecular weight excluding hydrogens is 298 g/mol. The van der Waals surface area contributed by atoms with E-state index in [1.54, 1.807) is 12.1 Å². The summed E-state index contributed by atoms with van der Waals surface area (Å²) in [7, 11) is 0. The number of benzene rings is 2. The van der Waals surface area contributed by atoms with Crippen LogP contribution >= 0.6 is 0 Å². The summed E-state index contributed by atoms with van der Waals surface area (Å²) in [5.74, 6) is 0.259. The lowest BCUT2D eigenvalue weighted by Gasteiger charge is -2.25. The van der Waals surface area contributed by atoms with Crippen molar-refractivity contribution in [2.45, 2.75) is 31.8 Å². The number of carbonyl (C=O) groups excluding carboxylic acids is 1. The summed E-state index contributed by atoms with van der Waals surface area (Å²) in [6, 6.07) is 17.9. The maximum absolute atomic E-state index is 13.2. The molecule has 0 aromatic heterocycles. The Hall–Kier alpha value is -2.80. The average Bonchev–Trinajstić information content (AvgIpc) is 3.05. The number of para-hydroxylation sites is 2. The summed E-state index contributed by atoms with van der Waals surface area (Å²) >= 11 is 0. The summed E-state index contributed by atoms with van der Waals surface area (Å²) < 4.78 is 0. The van der Waals surface area contributed by atoms with Gasteiger partial charge in [0, 0.05) is 6.04 Å². The van der Waals surface area contributed by atoms with Crippen molar-refractivity contribution < 1.29 is 4.79 Å². The van der Waals surface area contributed by atoms with Crippen LogP contribution in [-0.2, 0) is 11.3 Å². The normalized spacial score (nSPS) is 22.1. The Balaban J connectivity index is 1.71. The van der Waals surface area contributed by atoms with Crippen LogP contribution < -0.4 is 10.2 Å². The standard InChI is InChI=1S/C20H19N3O/c21-12-14-8-10-15(11-9-14)13-23-19-7-2-1-5-18(19)22-17-6-3-4-16(17)20(23)24/h1-2,5,7-11,16-17,22H,3-4,6,13H2. The predicted octanol–water partition coefficient (Wildman–Crippen LogP) is 3.69. The van der Waals surface area contributed by atoms with E-state index in [0.29, 0.717) is 12.1 Å². The fourth-order valence-corrected chi connectivity index (χ4v) is 3.81. The molecule has 2 unspecified atom stereocenters. The summed E-state index contributed by atoms with van der Waals surface area (Å²) in [6.07, 6.45) is 3.10. The third-order valence-electron chi connectivity index (χ3n) is 5.06. The number of nitrogens with zero attached hydrogens (tertiary/aromatic N) is 2. The van der Waals surface area contributed by atoms with Crippen LogP contribution in [-0.4, -0.2) is 11.9 Å². The summed E-state index contributed by atoms with van der Waals surface area (Å²) in [4.78, 5) is 15.1. The smallest absolute Gasteiger partial charge is 0.232 e. The Bertz CT molecular complexity index is 806. The molecule has 24 heavy (non-hydrogen) atoms. The SMILES string of the molecule is N#Cc1ccc(CN2C(=O)C3CCCC3Nc3ccccc32)cc1. The molecule has 4 heteroatoms. The van der Waals surface area contributed by atoms with Gasteiger partial charge >= 0.3 is 0 Å². The van der Waals surface area contributed by atoms with Gasteiger partial charge in [-0.1, -0.05) is 30.7 Å². The molecule has 2 atom stereocenters. The number of rotatable bonds is 2. The van der Waals surface area contributed by atoms with Crippen molar-refractivity contribution in [1.82, 2.24) is 0 Å². The summed E-state index contributed by atoms with van der Waals surface area (Å²) in [5, 5.41) is 12.5. The van der Waals surface area contributed by atoms with Gasteiger partial charge in [-0.2, -0.15) is 5.26 Å². The van der Waals surface area contributed by atoms with E-state index in [4.69, 9.17) is 5.26 Å².